The van der Waals surface area contributed by atoms with E-state index in [9.17, 15) is 4.79 Å². The molecule has 110 valence electrons. The largest absolute Gasteiger partial charge is 0.480 e. The normalized spacial score (nSPS) is 11.7. The van der Waals surface area contributed by atoms with Gasteiger partial charge in [-0.2, -0.15) is 0 Å². The molecule has 2 aromatic carbocycles. The third-order valence-electron chi connectivity index (χ3n) is 3.34. The molecule has 0 aliphatic heterocycles. The molecule has 2 rings (SSSR count). The van der Waals surface area contributed by atoms with E-state index in [2.05, 4.69) is 5.32 Å². The summed E-state index contributed by atoms with van der Waals surface area (Å²) < 4.78 is 5.83. The first-order valence-electron chi connectivity index (χ1n) is 7.24. The van der Waals surface area contributed by atoms with E-state index in [4.69, 9.17) is 4.74 Å². The minimum Gasteiger partial charge on any atom is -0.480 e. The number of amides is 1. The standard InChI is InChI=1S/C18H21NO2/c1-3-16(21-17-12-8-7-9-14(17)2)18(20)19-13-15-10-5-4-6-11-15/h4-12,16H,3,13H2,1-2H3,(H,19,20)/t16-/m0/s1. The lowest BCUT2D eigenvalue weighted by molar-refractivity contribution is -0.128. The minimum atomic E-state index is -0.463. The van der Waals surface area contributed by atoms with Crippen molar-refractivity contribution < 1.29 is 9.53 Å². The van der Waals surface area contributed by atoms with Gasteiger partial charge in [0.25, 0.3) is 5.91 Å². The molecule has 0 aliphatic rings. The van der Waals surface area contributed by atoms with E-state index in [1.54, 1.807) is 0 Å². The van der Waals surface area contributed by atoms with Gasteiger partial charge in [-0.05, 0) is 30.5 Å². The van der Waals surface area contributed by atoms with Crippen molar-refractivity contribution in [1.82, 2.24) is 5.32 Å². The summed E-state index contributed by atoms with van der Waals surface area (Å²) in [4.78, 5) is 12.2. The molecule has 0 aromatic heterocycles. The van der Waals surface area contributed by atoms with Crippen LogP contribution in [0.2, 0.25) is 0 Å². The van der Waals surface area contributed by atoms with Crippen molar-refractivity contribution in [2.45, 2.75) is 32.9 Å². The molecular weight excluding hydrogens is 262 g/mol. The van der Waals surface area contributed by atoms with Gasteiger partial charge in [-0.1, -0.05) is 55.5 Å². The van der Waals surface area contributed by atoms with Crippen LogP contribution in [-0.2, 0) is 11.3 Å². The van der Waals surface area contributed by atoms with Crippen LogP contribution in [0.1, 0.15) is 24.5 Å². The number of hydrogen-bond donors (Lipinski definition) is 1. The molecule has 0 saturated carbocycles. The summed E-state index contributed by atoms with van der Waals surface area (Å²) in [7, 11) is 0. The summed E-state index contributed by atoms with van der Waals surface area (Å²) in [6, 6.07) is 17.6. The Labute approximate surface area is 126 Å². The molecule has 0 radical (unpaired) electrons. The van der Waals surface area contributed by atoms with Gasteiger partial charge in [-0.25, -0.2) is 0 Å². The Morgan fingerprint density at radius 3 is 2.43 bits per heavy atom. The Kier molecular flexibility index (Phi) is 5.38. The molecule has 3 nitrogen and oxygen atoms in total. The molecule has 1 amide bonds. The van der Waals surface area contributed by atoms with Crippen molar-refractivity contribution in [3.63, 3.8) is 0 Å². The van der Waals surface area contributed by atoms with E-state index in [1.807, 2.05) is 68.4 Å². The quantitative estimate of drug-likeness (QED) is 0.881. The van der Waals surface area contributed by atoms with Crippen LogP contribution in [-0.4, -0.2) is 12.0 Å². The number of ether oxygens (including phenoxy) is 1. The smallest absolute Gasteiger partial charge is 0.261 e. The molecule has 3 heteroatoms. The second kappa shape index (κ2) is 7.48. The molecule has 0 spiro atoms. The predicted molar refractivity (Wildman–Crippen MR) is 84.2 cm³/mol. The third kappa shape index (κ3) is 4.35. The summed E-state index contributed by atoms with van der Waals surface area (Å²) >= 11 is 0. The highest BCUT2D eigenvalue weighted by molar-refractivity contribution is 5.81. The molecule has 1 atom stereocenters. The van der Waals surface area contributed by atoms with Gasteiger partial charge in [-0.3, -0.25) is 4.79 Å². The molecule has 0 aliphatic carbocycles. The predicted octanol–water partition coefficient (Wildman–Crippen LogP) is 3.47. The highest BCUT2D eigenvalue weighted by Gasteiger charge is 2.18. The zero-order valence-electron chi connectivity index (χ0n) is 12.5. The molecule has 0 saturated heterocycles. The van der Waals surface area contributed by atoms with Crippen LogP contribution in [0.5, 0.6) is 5.75 Å². The summed E-state index contributed by atoms with van der Waals surface area (Å²) in [6.07, 6.45) is 0.171. The first-order chi connectivity index (χ1) is 10.2. The molecule has 0 bridgehead atoms. The number of nitrogens with one attached hydrogen (secondary N) is 1. The van der Waals surface area contributed by atoms with E-state index in [-0.39, 0.29) is 5.91 Å². The van der Waals surface area contributed by atoms with Crippen molar-refractivity contribution in [2.24, 2.45) is 0 Å². The summed E-state index contributed by atoms with van der Waals surface area (Å²) in [5.74, 6) is 0.684. The third-order valence-corrected chi connectivity index (χ3v) is 3.34. The average molecular weight is 283 g/mol. The zero-order chi connectivity index (χ0) is 15.1. The van der Waals surface area contributed by atoms with E-state index >= 15 is 0 Å². The lowest BCUT2D eigenvalue weighted by Crippen LogP contribution is -2.37. The zero-order valence-corrected chi connectivity index (χ0v) is 12.5. The Bertz CT molecular complexity index is 581. The molecule has 2 aromatic rings. The van der Waals surface area contributed by atoms with Gasteiger partial charge in [0.1, 0.15) is 5.75 Å². The Morgan fingerprint density at radius 1 is 1.10 bits per heavy atom. The van der Waals surface area contributed by atoms with Crippen molar-refractivity contribution in [2.75, 3.05) is 0 Å². The van der Waals surface area contributed by atoms with Gasteiger partial charge in [0.05, 0.1) is 0 Å². The van der Waals surface area contributed by atoms with Crippen LogP contribution in [0.4, 0.5) is 0 Å². The lowest BCUT2D eigenvalue weighted by Gasteiger charge is -2.18. The van der Waals surface area contributed by atoms with Gasteiger partial charge < -0.3 is 10.1 Å². The van der Waals surface area contributed by atoms with E-state index in [0.29, 0.717) is 13.0 Å². The number of aryl methyl sites for hydroxylation is 1. The maximum atomic E-state index is 12.2. The van der Waals surface area contributed by atoms with Crippen LogP contribution in [0.3, 0.4) is 0 Å². The maximum Gasteiger partial charge on any atom is 0.261 e. The number of hydrogen-bond acceptors (Lipinski definition) is 2. The van der Waals surface area contributed by atoms with Crippen molar-refractivity contribution in [3.8, 4) is 5.75 Å². The first kappa shape index (κ1) is 15.1. The van der Waals surface area contributed by atoms with Crippen LogP contribution in [0.25, 0.3) is 0 Å². The van der Waals surface area contributed by atoms with Gasteiger partial charge in [-0.15, -0.1) is 0 Å². The number of para-hydroxylation sites is 1. The Morgan fingerprint density at radius 2 is 1.76 bits per heavy atom. The first-order valence-corrected chi connectivity index (χ1v) is 7.24. The van der Waals surface area contributed by atoms with Crippen molar-refractivity contribution >= 4 is 5.91 Å². The molecule has 0 heterocycles. The highest BCUT2D eigenvalue weighted by Crippen LogP contribution is 2.18. The molecule has 0 fully saturated rings. The van der Waals surface area contributed by atoms with Crippen LogP contribution >= 0.6 is 0 Å². The summed E-state index contributed by atoms with van der Waals surface area (Å²) in [5.41, 5.74) is 2.11. The highest BCUT2D eigenvalue weighted by atomic mass is 16.5. The number of benzene rings is 2. The average Bonchev–Trinajstić information content (AvgIpc) is 2.53. The monoisotopic (exact) mass is 283 g/mol. The van der Waals surface area contributed by atoms with Crippen LogP contribution in [0, 0.1) is 6.92 Å². The topological polar surface area (TPSA) is 38.3 Å². The van der Waals surface area contributed by atoms with E-state index < -0.39 is 6.10 Å². The van der Waals surface area contributed by atoms with Crippen LogP contribution < -0.4 is 10.1 Å². The Hall–Kier alpha value is -2.29. The van der Waals surface area contributed by atoms with E-state index in [1.165, 1.54) is 0 Å². The molecule has 21 heavy (non-hydrogen) atoms. The fraction of sp³-hybridized carbons (Fsp3) is 0.278. The second-order valence-electron chi connectivity index (χ2n) is 4.98. The van der Waals surface area contributed by atoms with E-state index in [0.717, 1.165) is 16.9 Å². The maximum absolute atomic E-state index is 12.2. The van der Waals surface area contributed by atoms with Gasteiger partial charge in [0.2, 0.25) is 0 Å². The number of carbonyl (C=O) groups is 1. The van der Waals surface area contributed by atoms with Crippen molar-refractivity contribution in [1.29, 1.82) is 0 Å². The number of rotatable bonds is 6. The van der Waals surface area contributed by atoms with Crippen LogP contribution in [0.15, 0.2) is 54.6 Å². The molecule has 0 unspecified atom stereocenters. The molecule has 1 N–H and O–H groups in total. The molecular formula is C18H21NO2. The Balaban J connectivity index is 1.94. The van der Waals surface area contributed by atoms with Crippen molar-refractivity contribution in [3.05, 3.63) is 65.7 Å². The second-order valence-corrected chi connectivity index (χ2v) is 4.98. The number of carbonyl (C=O) groups excluding carboxylic acids is 1. The van der Waals surface area contributed by atoms with Gasteiger partial charge in [0.15, 0.2) is 6.10 Å². The summed E-state index contributed by atoms with van der Waals surface area (Å²) in [6.45, 7) is 4.45. The SMILES string of the molecule is CC[C@H](Oc1ccccc1C)C(=O)NCc1ccccc1. The van der Waals surface area contributed by atoms with Gasteiger partial charge >= 0.3 is 0 Å². The summed E-state index contributed by atoms with van der Waals surface area (Å²) in [5, 5.41) is 2.93. The minimum absolute atomic E-state index is 0.0791. The fourth-order valence-electron chi connectivity index (χ4n) is 2.06. The fourth-order valence-corrected chi connectivity index (χ4v) is 2.06. The lowest BCUT2D eigenvalue weighted by atomic mass is 10.2. The van der Waals surface area contributed by atoms with Gasteiger partial charge in [0, 0.05) is 6.54 Å².